The van der Waals surface area contributed by atoms with Crippen LogP contribution >= 0.6 is 0 Å². The summed E-state index contributed by atoms with van der Waals surface area (Å²) >= 11 is 0. The first-order valence-electron chi connectivity index (χ1n) is 10.3. The Labute approximate surface area is 172 Å². The molecule has 4 unspecified atom stereocenters. The van der Waals surface area contributed by atoms with Gasteiger partial charge in [-0.3, -0.25) is 9.36 Å². The predicted octanol–water partition coefficient (Wildman–Crippen LogP) is 1.01. The average molecular weight is 432 g/mol. The molecule has 0 radical (unpaired) electrons. The van der Waals surface area contributed by atoms with Gasteiger partial charge < -0.3 is 24.4 Å². The fourth-order valence-corrected chi connectivity index (χ4v) is 4.43. The maximum absolute atomic E-state index is 13.8. The lowest BCUT2D eigenvalue weighted by Gasteiger charge is -2.41. The van der Waals surface area contributed by atoms with Gasteiger partial charge in [-0.2, -0.15) is 18.2 Å². The average Bonchev–Trinajstić information content (AvgIpc) is 3.23. The van der Waals surface area contributed by atoms with Crippen LogP contribution in [0.2, 0.25) is 0 Å². The van der Waals surface area contributed by atoms with Crippen molar-refractivity contribution in [3.8, 4) is 0 Å². The number of anilines is 2. The third-order valence-corrected chi connectivity index (χ3v) is 6.17. The smallest absolute Gasteiger partial charge is 0.391 e. The molecule has 168 valence electrons. The highest BCUT2D eigenvalue weighted by Crippen LogP contribution is 2.35. The highest BCUT2D eigenvalue weighted by Gasteiger charge is 2.48. The van der Waals surface area contributed by atoms with Crippen LogP contribution in [0.5, 0.6) is 0 Å². The number of β-amino-alcohol motifs (C(OH)–C–C–N with tert-alkyl or cyclic N) is 1. The summed E-state index contributed by atoms with van der Waals surface area (Å²) in [6, 6.07) is -0.484. The molecule has 11 heteroatoms. The van der Waals surface area contributed by atoms with E-state index in [0.29, 0.717) is 45.2 Å². The summed E-state index contributed by atoms with van der Waals surface area (Å²) in [6.07, 6.45) is -5.18. The van der Waals surface area contributed by atoms with E-state index >= 15 is 0 Å². The second-order valence-electron chi connectivity index (χ2n) is 8.21. The Kier molecular flexibility index (Phi) is 5.95. The molecule has 3 aliphatic heterocycles. The third-order valence-electron chi connectivity index (χ3n) is 6.17. The Hall–Kier alpha value is -1.85. The van der Waals surface area contributed by atoms with E-state index in [0.717, 1.165) is 4.90 Å². The predicted molar refractivity (Wildman–Crippen MR) is 103 cm³/mol. The van der Waals surface area contributed by atoms with Gasteiger partial charge in [-0.25, -0.2) is 0 Å². The zero-order valence-electron chi connectivity index (χ0n) is 16.8. The summed E-state index contributed by atoms with van der Waals surface area (Å²) in [5.41, 5.74) is -0.391. The number of hydrogen-bond acceptors (Lipinski definition) is 7. The van der Waals surface area contributed by atoms with Gasteiger partial charge in [0.2, 0.25) is 5.95 Å². The minimum atomic E-state index is -4.50. The molecule has 4 heterocycles. The first-order chi connectivity index (χ1) is 14.3. The van der Waals surface area contributed by atoms with Crippen LogP contribution in [0.15, 0.2) is 10.9 Å². The molecule has 4 rings (SSSR count). The first-order valence-corrected chi connectivity index (χ1v) is 10.3. The fraction of sp³-hybridized carbons (Fsp3) is 0.789. The lowest BCUT2D eigenvalue weighted by atomic mass is 10.00. The van der Waals surface area contributed by atoms with Gasteiger partial charge in [0.25, 0.3) is 5.56 Å². The molecule has 3 aliphatic rings. The number of morpholine rings is 1. The lowest BCUT2D eigenvalue weighted by molar-refractivity contribution is -0.153. The molecule has 0 amide bonds. The van der Waals surface area contributed by atoms with Gasteiger partial charge in [0.1, 0.15) is 11.9 Å². The molecule has 2 fully saturated rings. The SMILES string of the molecule is CC1COCCN1c1cc(=O)n2c(n1)N(CC(O)C1CCOC1)C(C(F)(F)F)CC2. The maximum Gasteiger partial charge on any atom is 0.408 e. The molecule has 30 heavy (non-hydrogen) atoms. The van der Waals surface area contributed by atoms with Crippen LogP contribution in [-0.4, -0.2) is 78.5 Å². The summed E-state index contributed by atoms with van der Waals surface area (Å²) in [4.78, 5) is 20.2. The zero-order chi connectivity index (χ0) is 21.5. The quantitative estimate of drug-likeness (QED) is 0.761. The van der Waals surface area contributed by atoms with Gasteiger partial charge >= 0.3 is 6.18 Å². The molecule has 8 nitrogen and oxygen atoms in total. The number of aliphatic hydroxyl groups excluding tert-OH is 1. The Balaban J connectivity index is 1.71. The Morgan fingerprint density at radius 1 is 1.23 bits per heavy atom. The van der Waals surface area contributed by atoms with Crippen molar-refractivity contribution in [1.29, 1.82) is 0 Å². The van der Waals surface area contributed by atoms with Crippen LogP contribution < -0.4 is 15.4 Å². The van der Waals surface area contributed by atoms with Gasteiger partial charge in [-0.15, -0.1) is 0 Å². The molecule has 4 atom stereocenters. The molecule has 1 N–H and O–H groups in total. The molecule has 0 aliphatic carbocycles. The number of rotatable bonds is 4. The molecule has 1 aromatic rings. The van der Waals surface area contributed by atoms with Gasteiger partial charge in [0, 0.05) is 38.2 Å². The number of aliphatic hydroxyl groups is 1. The number of nitrogens with zero attached hydrogens (tertiary/aromatic N) is 4. The van der Waals surface area contributed by atoms with Crippen molar-refractivity contribution in [3.05, 3.63) is 16.4 Å². The molecular weight excluding hydrogens is 405 g/mol. The van der Waals surface area contributed by atoms with Crippen molar-refractivity contribution in [1.82, 2.24) is 9.55 Å². The normalized spacial score (nSPS) is 28.5. The van der Waals surface area contributed by atoms with E-state index in [1.807, 2.05) is 11.8 Å². The summed E-state index contributed by atoms with van der Waals surface area (Å²) < 4.78 is 53.5. The Bertz CT molecular complexity index is 812. The lowest BCUT2D eigenvalue weighted by Crippen LogP contribution is -2.55. The van der Waals surface area contributed by atoms with E-state index in [-0.39, 0.29) is 37.4 Å². The Morgan fingerprint density at radius 2 is 2.00 bits per heavy atom. The van der Waals surface area contributed by atoms with Crippen molar-refractivity contribution in [2.45, 2.75) is 50.7 Å². The van der Waals surface area contributed by atoms with Crippen LogP contribution in [0.4, 0.5) is 24.9 Å². The second kappa shape index (κ2) is 8.35. The monoisotopic (exact) mass is 432 g/mol. The molecule has 1 aromatic heterocycles. The van der Waals surface area contributed by atoms with Crippen molar-refractivity contribution < 1.29 is 27.8 Å². The van der Waals surface area contributed by atoms with E-state index in [1.165, 1.54) is 10.6 Å². The van der Waals surface area contributed by atoms with Crippen LogP contribution in [-0.2, 0) is 16.0 Å². The molecule has 2 saturated heterocycles. The highest BCUT2D eigenvalue weighted by molar-refractivity contribution is 5.47. The van der Waals surface area contributed by atoms with Crippen LogP contribution in [0, 0.1) is 5.92 Å². The molecule has 0 spiro atoms. The molecular formula is C19H27F3N4O4. The largest absolute Gasteiger partial charge is 0.408 e. The Morgan fingerprint density at radius 3 is 2.67 bits per heavy atom. The molecule has 0 saturated carbocycles. The zero-order valence-corrected chi connectivity index (χ0v) is 16.8. The van der Waals surface area contributed by atoms with Crippen molar-refractivity contribution >= 4 is 11.8 Å². The summed E-state index contributed by atoms with van der Waals surface area (Å²) in [6.45, 7) is 3.81. The van der Waals surface area contributed by atoms with Gasteiger partial charge in [0.05, 0.1) is 32.0 Å². The number of aromatic nitrogens is 2. The minimum Gasteiger partial charge on any atom is -0.391 e. The van der Waals surface area contributed by atoms with Crippen LogP contribution in [0.25, 0.3) is 0 Å². The van der Waals surface area contributed by atoms with E-state index in [9.17, 15) is 23.1 Å². The molecule has 0 aromatic carbocycles. The standard InChI is InChI=1S/C19H27F3N4O4/c1-12-10-30-7-5-24(12)16-8-17(28)25-4-2-15(19(20,21)22)26(18(25)23-16)9-14(27)13-3-6-29-11-13/h8,12-15,27H,2-7,9-11H2,1H3. The number of fused-ring (bicyclic) bond motifs is 1. The van der Waals surface area contributed by atoms with Crippen LogP contribution in [0.3, 0.4) is 0 Å². The summed E-state index contributed by atoms with van der Waals surface area (Å²) in [5, 5.41) is 10.6. The van der Waals surface area contributed by atoms with Crippen molar-refractivity contribution in [2.75, 3.05) is 49.3 Å². The fourth-order valence-electron chi connectivity index (χ4n) is 4.43. The van der Waals surface area contributed by atoms with Crippen molar-refractivity contribution in [2.24, 2.45) is 5.92 Å². The van der Waals surface area contributed by atoms with Gasteiger partial charge in [-0.1, -0.05) is 0 Å². The topological polar surface area (TPSA) is 80.1 Å². The van der Waals surface area contributed by atoms with E-state index in [2.05, 4.69) is 4.98 Å². The van der Waals surface area contributed by atoms with Gasteiger partial charge in [-0.05, 0) is 19.8 Å². The highest BCUT2D eigenvalue weighted by atomic mass is 19.4. The van der Waals surface area contributed by atoms with E-state index < -0.39 is 23.9 Å². The second-order valence-corrected chi connectivity index (χ2v) is 8.21. The summed E-state index contributed by atoms with van der Waals surface area (Å²) in [5.74, 6) is 0.0692. The molecule has 0 bridgehead atoms. The number of ether oxygens (including phenoxy) is 2. The summed E-state index contributed by atoms with van der Waals surface area (Å²) in [7, 11) is 0. The number of hydrogen-bond donors (Lipinski definition) is 1. The number of halogens is 3. The maximum atomic E-state index is 13.8. The minimum absolute atomic E-state index is 0.0391. The van der Waals surface area contributed by atoms with E-state index in [1.54, 1.807) is 0 Å². The third kappa shape index (κ3) is 4.15. The van der Waals surface area contributed by atoms with Gasteiger partial charge in [0.15, 0.2) is 0 Å². The number of alkyl halides is 3. The van der Waals surface area contributed by atoms with Crippen molar-refractivity contribution in [3.63, 3.8) is 0 Å². The first kappa shape index (κ1) is 21.4. The van der Waals surface area contributed by atoms with E-state index in [4.69, 9.17) is 9.47 Å². The van der Waals surface area contributed by atoms with Crippen LogP contribution in [0.1, 0.15) is 19.8 Å².